The van der Waals surface area contributed by atoms with Crippen LogP contribution < -0.4 is 26.2 Å². The molecule has 15 heteroatoms. The van der Waals surface area contributed by atoms with E-state index in [-0.39, 0.29) is 53.3 Å². The average molecular weight is 476 g/mol. The van der Waals surface area contributed by atoms with Crippen molar-refractivity contribution in [1.82, 2.24) is 25.3 Å². The van der Waals surface area contributed by atoms with Crippen molar-refractivity contribution in [3.8, 4) is 11.4 Å². The van der Waals surface area contributed by atoms with E-state index in [9.17, 15) is 17.9 Å². The summed E-state index contributed by atoms with van der Waals surface area (Å²) < 4.78 is 42.6. The summed E-state index contributed by atoms with van der Waals surface area (Å²) in [4.78, 5) is 1.78. The summed E-state index contributed by atoms with van der Waals surface area (Å²) in [5.74, 6) is -0.240. The van der Waals surface area contributed by atoms with E-state index < -0.39 is 22.3 Å². The third-order valence-corrected chi connectivity index (χ3v) is 7.04. The predicted octanol–water partition coefficient (Wildman–Crippen LogP) is -1.45. The third kappa shape index (κ3) is 5.49. The topological polar surface area (TPSA) is 202 Å². The van der Waals surface area contributed by atoms with Gasteiger partial charge in [-0.05, 0) is 42.3 Å². The number of anilines is 1. The Morgan fingerprint density at radius 3 is 2.77 bits per heavy atom. The van der Waals surface area contributed by atoms with E-state index in [4.69, 9.17) is 16.6 Å². The highest BCUT2D eigenvalue weighted by Gasteiger charge is 2.33. The number of H-pyrrole nitrogens is 1. The molecule has 0 amide bonds. The van der Waals surface area contributed by atoms with Gasteiger partial charge in [0, 0.05) is 42.7 Å². The number of aromatic nitrogens is 4. The molecular weight excluding hydrogens is 449 g/mol. The van der Waals surface area contributed by atoms with Gasteiger partial charge in [0.05, 0.1) is 11.7 Å². The molecule has 2 aromatic rings. The summed E-state index contributed by atoms with van der Waals surface area (Å²) >= 11 is 0.969. The molecule has 1 saturated heterocycles. The van der Waals surface area contributed by atoms with Gasteiger partial charge in [-0.15, -0.1) is 10.2 Å². The van der Waals surface area contributed by atoms with Crippen molar-refractivity contribution < 1.29 is 17.9 Å². The van der Waals surface area contributed by atoms with E-state index in [0.717, 1.165) is 11.9 Å². The largest absolute Gasteiger partial charge is 0.390 e. The van der Waals surface area contributed by atoms with Crippen LogP contribution in [0, 0.1) is 5.92 Å². The van der Waals surface area contributed by atoms with Crippen LogP contribution in [0.4, 0.5) is 10.1 Å². The minimum atomic E-state index is -4.25. The van der Waals surface area contributed by atoms with E-state index in [1.807, 2.05) is 0 Å². The lowest BCUT2D eigenvalue weighted by molar-refractivity contribution is 0.188. The number of primary sulfonamides is 1. The van der Waals surface area contributed by atoms with Crippen molar-refractivity contribution in [3.05, 3.63) is 12.1 Å². The van der Waals surface area contributed by atoms with E-state index in [1.54, 1.807) is 17.0 Å². The van der Waals surface area contributed by atoms with Gasteiger partial charge in [0.25, 0.3) is 0 Å². The number of nitrogens with zero attached hydrogens (tertiary/aromatic N) is 4. The van der Waals surface area contributed by atoms with Gasteiger partial charge in [-0.1, -0.05) is 0 Å². The molecular formula is C16H26FN9O3S2. The fourth-order valence-electron chi connectivity index (χ4n) is 3.40. The van der Waals surface area contributed by atoms with Gasteiger partial charge in [-0.2, -0.15) is 5.21 Å². The standard InChI is InChI=1S/C16H26FN9O3S2/c17-11-8-26(4-3-9(11)5-18)12-1-2-13(30-21-7-10(27)6-19)15(31(20,28)29)14(12)16-22-24-25-23-16/h1-2,9-11,21,27H,3-8,18-19H2,(H2,20,28,29)(H,22,23,24,25)/t9-,10-,11+/m1/s1. The molecule has 1 aliphatic heterocycles. The number of halogens is 1. The molecule has 0 saturated carbocycles. The van der Waals surface area contributed by atoms with Gasteiger partial charge in [-0.3, -0.25) is 4.72 Å². The molecule has 0 radical (unpaired) electrons. The molecule has 1 aromatic heterocycles. The van der Waals surface area contributed by atoms with Gasteiger partial charge < -0.3 is 21.5 Å². The Kier molecular flexibility index (Phi) is 7.79. The molecule has 31 heavy (non-hydrogen) atoms. The van der Waals surface area contributed by atoms with Crippen molar-refractivity contribution in [2.45, 2.75) is 28.5 Å². The van der Waals surface area contributed by atoms with Gasteiger partial charge in [0.15, 0.2) is 0 Å². The van der Waals surface area contributed by atoms with Crippen molar-refractivity contribution in [2.24, 2.45) is 22.5 Å². The second-order valence-corrected chi connectivity index (χ2v) is 9.58. The average Bonchev–Trinajstić information content (AvgIpc) is 3.27. The lowest BCUT2D eigenvalue weighted by atomic mass is 9.94. The molecule has 3 atom stereocenters. The smallest absolute Gasteiger partial charge is 0.240 e. The van der Waals surface area contributed by atoms with Crippen LogP contribution in [0.25, 0.3) is 11.4 Å². The zero-order valence-electron chi connectivity index (χ0n) is 16.6. The molecule has 1 aliphatic rings. The highest BCUT2D eigenvalue weighted by Crippen LogP contribution is 2.40. The number of nitrogens with one attached hydrogen (secondary N) is 2. The normalized spacial score (nSPS) is 20.7. The summed E-state index contributed by atoms with van der Waals surface area (Å²) in [7, 11) is -4.25. The van der Waals surface area contributed by atoms with Crippen LogP contribution in [0.15, 0.2) is 21.9 Å². The second-order valence-electron chi connectivity index (χ2n) is 7.15. The van der Waals surface area contributed by atoms with Gasteiger partial charge in [0.1, 0.15) is 11.1 Å². The number of aromatic amines is 1. The van der Waals surface area contributed by atoms with E-state index in [2.05, 4.69) is 25.3 Å². The number of alkyl halides is 1. The summed E-state index contributed by atoms with van der Waals surface area (Å²) in [6.07, 6.45) is -1.45. The monoisotopic (exact) mass is 475 g/mol. The number of aliphatic hydroxyl groups is 1. The summed E-state index contributed by atoms with van der Waals surface area (Å²) in [6.45, 7) is 0.937. The van der Waals surface area contributed by atoms with E-state index >= 15 is 0 Å². The van der Waals surface area contributed by atoms with Crippen LogP contribution in [0.1, 0.15) is 6.42 Å². The summed E-state index contributed by atoms with van der Waals surface area (Å²) in [5.41, 5.74) is 11.6. The number of rotatable bonds is 9. The van der Waals surface area contributed by atoms with Crippen molar-refractivity contribution in [3.63, 3.8) is 0 Å². The maximum Gasteiger partial charge on any atom is 0.240 e. The van der Waals surface area contributed by atoms with Crippen molar-refractivity contribution in [1.29, 1.82) is 0 Å². The highest BCUT2D eigenvalue weighted by atomic mass is 32.2. The Labute approximate surface area is 183 Å². The molecule has 1 fully saturated rings. The number of hydrogen-bond acceptors (Lipinski definition) is 11. The fraction of sp³-hybridized carbons (Fsp3) is 0.562. The molecule has 0 spiro atoms. The predicted molar refractivity (Wildman–Crippen MR) is 114 cm³/mol. The quantitative estimate of drug-likeness (QED) is 0.232. The number of tetrazole rings is 1. The van der Waals surface area contributed by atoms with Crippen molar-refractivity contribution in [2.75, 3.05) is 37.6 Å². The number of hydrogen-bond donors (Lipinski definition) is 6. The maximum atomic E-state index is 14.6. The molecule has 9 N–H and O–H groups in total. The van der Waals surface area contributed by atoms with Crippen LogP contribution in [-0.4, -0.2) is 79.1 Å². The van der Waals surface area contributed by atoms with Crippen molar-refractivity contribution >= 4 is 27.7 Å². The summed E-state index contributed by atoms with van der Waals surface area (Å²) in [6, 6.07) is 3.23. The first kappa shape index (κ1) is 23.8. The Bertz CT molecular complexity index is 977. The fourth-order valence-corrected chi connectivity index (χ4v) is 5.46. The Morgan fingerprint density at radius 1 is 1.42 bits per heavy atom. The van der Waals surface area contributed by atoms with Crippen LogP contribution in [0.3, 0.4) is 0 Å². The maximum absolute atomic E-state index is 14.6. The SMILES string of the molecule is NC[C@@H](O)CNSc1ccc(N2CC[C@H](CN)[C@@H](F)C2)c(-c2nn[nH]n2)c1S(N)(=O)=O. The number of benzene rings is 1. The Morgan fingerprint density at radius 2 is 2.19 bits per heavy atom. The first-order valence-electron chi connectivity index (χ1n) is 9.56. The molecule has 0 unspecified atom stereocenters. The second kappa shape index (κ2) is 10.2. The molecule has 0 aliphatic carbocycles. The zero-order valence-corrected chi connectivity index (χ0v) is 18.2. The number of sulfonamides is 1. The number of aliphatic hydroxyl groups excluding tert-OH is 1. The minimum Gasteiger partial charge on any atom is -0.390 e. The molecule has 172 valence electrons. The Balaban J connectivity index is 2.06. The number of piperidine rings is 1. The lowest BCUT2D eigenvalue weighted by Crippen LogP contribution is -2.44. The minimum absolute atomic E-state index is 0.0137. The Hall–Kier alpha value is -1.88. The van der Waals surface area contributed by atoms with Crippen LogP contribution >= 0.6 is 11.9 Å². The molecule has 3 rings (SSSR count). The molecule has 1 aromatic carbocycles. The van der Waals surface area contributed by atoms with Crippen LogP contribution in [-0.2, 0) is 10.0 Å². The number of nitrogens with two attached hydrogens (primary N) is 3. The first-order chi connectivity index (χ1) is 14.8. The lowest BCUT2D eigenvalue weighted by Gasteiger charge is -2.36. The first-order valence-corrected chi connectivity index (χ1v) is 11.9. The highest BCUT2D eigenvalue weighted by molar-refractivity contribution is 7.98. The van der Waals surface area contributed by atoms with Gasteiger partial charge in [-0.25, -0.2) is 17.9 Å². The molecule has 12 nitrogen and oxygen atoms in total. The summed E-state index contributed by atoms with van der Waals surface area (Å²) in [5, 5.41) is 28.9. The molecule has 0 bridgehead atoms. The van der Waals surface area contributed by atoms with Gasteiger partial charge in [0.2, 0.25) is 15.8 Å². The van der Waals surface area contributed by atoms with E-state index in [1.165, 1.54) is 0 Å². The zero-order chi connectivity index (χ0) is 22.6. The molecule has 2 heterocycles. The van der Waals surface area contributed by atoms with E-state index in [0.29, 0.717) is 18.7 Å². The third-order valence-electron chi connectivity index (χ3n) is 5.05. The van der Waals surface area contributed by atoms with Crippen LogP contribution in [0.2, 0.25) is 0 Å². The van der Waals surface area contributed by atoms with Gasteiger partial charge >= 0.3 is 0 Å². The van der Waals surface area contributed by atoms with Crippen LogP contribution in [0.5, 0.6) is 0 Å².